The molecule has 0 unspecified atom stereocenters. The molecule has 7 nitrogen and oxygen atoms in total. The number of carbonyl (C=O) groups is 1. The molecule has 1 amide bonds. The van der Waals surface area contributed by atoms with Crippen LogP contribution in [0, 0.1) is 20.8 Å². The molecular formula is C24H22N4O3S2. The van der Waals surface area contributed by atoms with E-state index in [2.05, 4.69) is 20.0 Å². The Morgan fingerprint density at radius 2 is 1.73 bits per heavy atom. The van der Waals surface area contributed by atoms with Gasteiger partial charge in [0.05, 0.1) is 21.2 Å². The summed E-state index contributed by atoms with van der Waals surface area (Å²) in [5.74, 6) is -0.429. The van der Waals surface area contributed by atoms with Gasteiger partial charge in [0, 0.05) is 17.4 Å². The molecule has 0 spiro atoms. The number of pyridine rings is 1. The lowest BCUT2D eigenvalue weighted by Gasteiger charge is -2.11. The molecule has 2 N–H and O–H groups in total. The number of carbonyl (C=O) groups excluding carboxylic acids is 1. The Kier molecular flexibility index (Phi) is 6.26. The molecule has 4 rings (SSSR count). The Labute approximate surface area is 196 Å². The molecule has 33 heavy (non-hydrogen) atoms. The second kappa shape index (κ2) is 9.13. The third kappa shape index (κ3) is 5.10. The smallest absolute Gasteiger partial charge is 0.261 e. The lowest BCUT2D eigenvalue weighted by Crippen LogP contribution is -2.17. The van der Waals surface area contributed by atoms with Gasteiger partial charge in [-0.1, -0.05) is 41.2 Å². The van der Waals surface area contributed by atoms with E-state index in [0.717, 1.165) is 21.8 Å². The monoisotopic (exact) mass is 478 g/mol. The van der Waals surface area contributed by atoms with Gasteiger partial charge in [0.2, 0.25) is 0 Å². The number of rotatable bonds is 6. The number of aromatic nitrogens is 2. The molecule has 0 bridgehead atoms. The van der Waals surface area contributed by atoms with E-state index in [1.165, 1.54) is 23.5 Å². The summed E-state index contributed by atoms with van der Waals surface area (Å²) >= 11 is 1.32. The number of benzene rings is 2. The molecule has 9 heteroatoms. The van der Waals surface area contributed by atoms with Crippen LogP contribution in [0.1, 0.15) is 27.2 Å². The van der Waals surface area contributed by atoms with Crippen molar-refractivity contribution in [3.63, 3.8) is 0 Å². The zero-order valence-corrected chi connectivity index (χ0v) is 19.9. The Hall–Kier alpha value is -3.56. The fourth-order valence-electron chi connectivity index (χ4n) is 3.20. The first-order valence-corrected chi connectivity index (χ1v) is 12.4. The number of aryl methyl sites for hydroxylation is 3. The highest BCUT2D eigenvalue weighted by atomic mass is 32.2. The van der Waals surface area contributed by atoms with Gasteiger partial charge in [-0.3, -0.25) is 19.8 Å². The molecule has 0 radical (unpaired) electrons. The number of nitrogens with zero attached hydrogens (tertiary/aromatic N) is 2. The number of hydrogen-bond acceptors (Lipinski definition) is 6. The minimum Gasteiger partial charge on any atom is -0.298 e. The highest BCUT2D eigenvalue weighted by molar-refractivity contribution is 7.92. The van der Waals surface area contributed by atoms with Gasteiger partial charge in [-0.05, 0) is 62.7 Å². The van der Waals surface area contributed by atoms with Crippen molar-refractivity contribution in [2.24, 2.45) is 0 Å². The second-order valence-corrected chi connectivity index (χ2v) is 10.2. The van der Waals surface area contributed by atoms with Crippen LogP contribution in [-0.2, 0) is 10.0 Å². The molecule has 0 atom stereocenters. The van der Waals surface area contributed by atoms with E-state index in [1.807, 2.05) is 44.2 Å². The zero-order chi connectivity index (χ0) is 23.6. The maximum Gasteiger partial charge on any atom is 0.261 e. The lowest BCUT2D eigenvalue weighted by atomic mass is 10.1. The third-order valence-electron chi connectivity index (χ3n) is 4.98. The largest absolute Gasteiger partial charge is 0.298 e. The van der Waals surface area contributed by atoms with Gasteiger partial charge in [0.1, 0.15) is 0 Å². The van der Waals surface area contributed by atoms with Crippen molar-refractivity contribution < 1.29 is 13.2 Å². The minimum absolute atomic E-state index is 0.00307. The van der Waals surface area contributed by atoms with E-state index >= 15 is 0 Å². The van der Waals surface area contributed by atoms with E-state index in [9.17, 15) is 13.2 Å². The summed E-state index contributed by atoms with van der Waals surface area (Å²) in [6.07, 6.45) is 1.70. The number of sulfonamides is 1. The fourth-order valence-corrected chi connectivity index (χ4v) is 5.22. The summed E-state index contributed by atoms with van der Waals surface area (Å²) in [6, 6.07) is 17.1. The SMILES string of the molecule is Cc1ccc(NS(=O)(=O)c2ccc(C)c(C(=O)Nc3nc(C)c(-c4ccccn4)s3)c2)cc1. The summed E-state index contributed by atoms with van der Waals surface area (Å²) in [5, 5.41) is 3.21. The summed E-state index contributed by atoms with van der Waals surface area (Å²) in [6.45, 7) is 5.53. The van der Waals surface area contributed by atoms with Gasteiger partial charge < -0.3 is 0 Å². The van der Waals surface area contributed by atoms with E-state index in [-0.39, 0.29) is 10.5 Å². The zero-order valence-electron chi connectivity index (χ0n) is 18.3. The number of anilines is 2. The van der Waals surface area contributed by atoms with Gasteiger partial charge in [-0.25, -0.2) is 13.4 Å². The summed E-state index contributed by atoms with van der Waals surface area (Å²) < 4.78 is 28.3. The van der Waals surface area contributed by atoms with Crippen molar-refractivity contribution in [1.29, 1.82) is 0 Å². The molecule has 2 heterocycles. The molecule has 0 saturated carbocycles. The van der Waals surface area contributed by atoms with Crippen LogP contribution >= 0.6 is 11.3 Å². The molecule has 0 aliphatic rings. The van der Waals surface area contributed by atoms with E-state index < -0.39 is 15.9 Å². The van der Waals surface area contributed by atoms with Gasteiger partial charge >= 0.3 is 0 Å². The van der Waals surface area contributed by atoms with Crippen molar-refractivity contribution in [3.8, 4) is 10.6 Å². The van der Waals surface area contributed by atoms with Crippen LogP contribution in [0.15, 0.2) is 71.8 Å². The molecule has 0 fully saturated rings. The van der Waals surface area contributed by atoms with Crippen molar-refractivity contribution in [2.45, 2.75) is 25.7 Å². The molecule has 0 aliphatic heterocycles. The van der Waals surface area contributed by atoms with Gasteiger partial charge in [0.25, 0.3) is 15.9 Å². The lowest BCUT2D eigenvalue weighted by molar-refractivity contribution is 0.102. The predicted octanol–water partition coefficient (Wildman–Crippen LogP) is 5.18. The van der Waals surface area contributed by atoms with Gasteiger partial charge in [-0.2, -0.15) is 0 Å². The van der Waals surface area contributed by atoms with E-state index in [0.29, 0.717) is 16.4 Å². The summed E-state index contributed by atoms with van der Waals surface area (Å²) in [7, 11) is -3.86. The number of nitrogens with one attached hydrogen (secondary N) is 2. The van der Waals surface area contributed by atoms with Crippen LogP contribution in [0.4, 0.5) is 10.8 Å². The third-order valence-corrected chi connectivity index (χ3v) is 7.46. The number of hydrogen-bond donors (Lipinski definition) is 2. The van der Waals surface area contributed by atoms with Crippen molar-refractivity contribution >= 4 is 38.1 Å². The van der Waals surface area contributed by atoms with E-state index in [4.69, 9.17) is 0 Å². The molecular weight excluding hydrogens is 456 g/mol. The average molecular weight is 479 g/mol. The fraction of sp³-hybridized carbons (Fsp3) is 0.125. The van der Waals surface area contributed by atoms with Crippen molar-refractivity contribution in [1.82, 2.24) is 9.97 Å². The first kappa shape index (κ1) is 22.6. The van der Waals surface area contributed by atoms with Crippen LogP contribution < -0.4 is 10.0 Å². The first-order valence-electron chi connectivity index (χ1n) is 10.1. The summed E-state index contributed by atoms with van der Waals surface area (Å²) in [4.78, 5) is 22.6. The van der Waals surface area contributed by atoms with Crippen LogP contribution in [0.3, 0.4) is 0 Å². The van der Waals surface area contributed by atoms with Crippen LogP contribution in [0.2, 0.25) is 0 Å². The summed E-state index contributed by atoms with van der Waals surface area (Å²) in [5.41, 5.74) is 3.92. The van der Waals surface area contributed by atoms with Crippen molar-refractivity contribution in [3.05, 3.63) is 89.2 Å². The Bertz CT molecular complexity index is 1410. The van der Waals surface area contributed by atoms with Crippen LogP contribution in [0.5, 0.6) is 0 Å². The molecule has 0 aliphatic carbocycles. The molecule has 0 saturated heterocycles. The molecule has 4 aromatic rings. The van der Waals surface area contributed by atoms with Gasteiger partial charge in [-0.15, -0.1) is 0 Å². The van der Waals surface area contributed by atoms with Crippen LogP contribution in [-0.4, -0.2) is 24.3 Å². The predicted molar refractivity (Wildman–Crippen MR) is 131 cm³/mol. The number of thiazole rings is 1. The maximum absolute atomic E-state index is 13.0. The quantitative estimate of drug-likeness (QED) is 0.397. The Balaban J connectivity index is 1.58. The Morgan fingerprint density at radius 3 is 2.42 bits per heavy atom. The standard InChI is InChI=1S/C24H22N4O3S2/c1-15-7-10-18(11-8-15)28-33(30,31)19-12-9-16(2)20(14-19)23(29)27-24-26-17(3)22(32-24)21-6-4-5-13-25-21/h4-14,28H,1-3H3,(H,26,27,29). The topological polar surface area (TPSA) is 101 Å². The Morgan fingerprint density at radius 1 is 0.970 bits per heavy atom. The highest BCUT2D eigenvalue weighted by Crippen LogP contribution is 2.31. The van der Waals surface area contributed by atoms with Crippen molar-refractivity contribution in [2.75, 3.05) is 10.0 Å². The highest BCUT2D eigenvalue weighted by Gasteiger charge is 2.20. The minimum atomic E-state index is -3.86. The number of amides is 1. The van der Waals surface area contributed by atoms with E-state index in [1.54, 1.807) is 31.3 Å². The molecule has 2 aromatic heterocycles. The normalized spacial score (nSPS) is 11.2. The molecule has 168 valence electrons. The van der Waals surface area contributed by atoms with Crippen LogP contribution in [0.25, 0.3) is 10.6 Å². The average Bonchev–Trinajstić information content (AvgIpc) is 3.15. The second-order valence-electron chi connectivity index (χ2n) is 7.55. The molecule has 2 aromatic carbocycles. The van der Waals surface area contributed by atoms with Gasteiger partial charge in [0.15, 0.2) is 5.13 Å². The maximum atomic E-state index is 13.0. The first-order chi connectivity index (χ1) is 15.7.